The minimum Gasteiger partial charge on any atom is -0.352 e. The molecule has 0 radical (unpaired) electrons. The van der Waals surface area contributed by atoms with Crippen molar-refractivity contribution >= 4 is 18.5 Å². The first-order valence-electron chi connectivity index (χ1n) is 6.28. The summed E-state index contributed by atoms with van der Waals surface area (Å²) in [5.41, 5.74) is 3.15. The third-order valence-electron chi connectivity index (χ3n) is 2.91. The van der Waals surface area contributed by atoms with E-state index in [-0.39, 0.29) is 5.91 Å². The molecule has 0 saturated heterocycles. The summed E-state index contributed by atoms with van der Waals surface area (Å²) in [6.45, 7) is 2.71. The smallest absolute Gasteiger partial charge is 0.251 e. The number of carbonyl (C=O) groups excluding carboxylic acids is 1. The van der Waals surface area contributed by atoms with Crippen LogP contribution in [0.2, 0.25) is 0 Å². The maximum absolute atomic E-state index is 11.9. The van der Waals surface area contributed by atoms with Gasteiger partial charge in [-0.05, 0) is 43.2 Å². The molecule has 0 aliphatic carbocycles. The van der Waals surface area contributed by atoms with Crippen molar-refractivity contribution in [1.82, 2.24) is 5.32 Å². The lowest BCUT2D eigenvalue weighted by Gasteiger charge is -2.06. The molecule has 98 valence electrons. The summed E-state index contributed by atoms with van der Waals surface area (Å²) in [4.78, 5) is 12.7. The van der Waals surface area contributed by atoms with E-state index >= 15 is 0 Å². The summed E-state index contributed by atoms with van der Waals surface area (Å²) < 4.78 is 0. The van der Waals surface area contributed by atoms with E-state index in [2.05, 4.69) is 43.1 Å². The molecule has 0 bridgehead atoms. The molecule has 0 aliphatic rings. The third-order valence-corrected chi connectivity index (χ3v) is 3.21. The van der Waals surface area contributed by atoms with Gasteiger partial charge in [0.15, 0.2) is 0 Å². The van der Waals surface area contributed by atoms with Crippen LogP contribution in [0.15, 0.2) is 53.4 Å². The zero-order valence-corrected chi connectivity index (χ0v) is 11.8. The van der Waals surface area contributed by atoms with Gasteiger partial charge in [-0.3, -0.25) is 4.79 Å². The highest BCUT2D eigenvalue weighted by atomic mass is 32.1. The number of benzene rings is 2. The Morgan fingerprint density at radius 2 is 1.89 bits per heavy atom. The molecule has 0 heterocycles. The van der Waals surface area contributed by atoms with Crippen molar-refractivity contribution in [2.75, 3.05) is 6.54 Å². The monoisotopic (exact) mass is 271 g/mol. The van der Waals surface area contributed by atoms with Crippen molar-refractivity contribution in [3.05, 3.63) is 65.2 Å². The first-order valence-corrected chi connectivity index (χ1v) is 6.72. The van der Waals surface area contributed by atoms with Gasteiger partial charge in [0.05, 0.1) is 0 Å². The zero-order chi connectivity index (χ0) is 13.7. The molecule has 0 fully saturated rings. The Morgan fingerprint density at radius 1 is 1.16 bits per heavy atom. The summed E-state index contributed by atoms with van der Waals surface area (Å²) >= 11 is 4.20. The topological polar surface area (TPSA) is 29.1 Å². The molecule has 2 aromatic rings. The molecule has 2 aromatic carbocycles. The predicted molar refractivity (Wildman–Crippen MR) is 80.9 cm³/mol. The van der Waals surface area contributed by atoms with Crippen LogP contribution in [0, 0.1) is 6.92 Å². The van der Waals surface area contributed by atoms with Gasteiger partial charge in [-0.25, -0.2) is 0 Å². The van der Waals surface area contributed by atoms with E-state index < -0.39 is 0 Å². The second-order valence-corrected chi connectivity index (χ2v) is 5.06. The Hall–Kier alpha value is -1.74. The molecule has 0 unspecified atom stereocenters. The van der Waals surface area contributed by atoms with Crippen LogP contribution >= 0.6 is 12.6 Å². The van der Waals surface area contributed by atoms with Crippen LogP contribution in [0.1, 0.15) is 21.5 Å². The molecule has 0 spiro atoms. The van der Waals surface area contributed by atoms with Crippen molar-refractivity contribution in [3.63, 3.8) is 0 Å². The second-order valence-electron chi connectivity index (χ2n) is 4.54. The van der Waals surface area contributed by atoms with Crippen molar-refractivity contribution in [3.8, 4) is 0 Å². The quantitative estimate of drug-likeness (QED) is 0.821. The Morgan fingerprint density at radius 3 is 2.58 bits per heavy atom. The SMILES string of the molecule is Cc1cccc(CCNC(=O)c2ccc(S)cc2)c1. The van der Waals surface area contributed by atoms with E-state index in [4.69, 9.17) is 0 Å². The van der Waals surface area contributed by atoms with E-state index in [1.165, 1.54) is 11.1 Å². The van der Waals surface area contributed by atoms with Crippen LogP contribution in [0.5, 0.6) is 0 Å². The van der Waals surface area contributed by atoms with Gasteiger partial charge in [0, 0.05) is 17.0 Å². The van der Waals surface area contributed by atoms with Crippen molar-refractivity contribution in [1.29, 1.82) is 0 Å². The minimum atomic E-state index is -0.0408. The van der Waals surface area contributed by atoms with E-state index in [1.807, 2.05) is 18.2 Å². The van der Waals surface area contributed by atoms with Crippen LogP contribution in [0.25, 0.3) is 0 Å². The van der Waals surface area contributed by atoms with Crippen LogP contribution in [-0.2, 0) is 6.42 Å². The first-order chi connectivity index (χ1) is 9.15. The molecule has 0 atom stereocenters. The number of thiol groups is 1. The summed E-state index contributed by atoms with van der Waals surface area (Å²) in [7, 11) is 0. The van der Waals surface area contributed by atoms with Gasteiger partial charge in [0.25, 0.3) is 5.91 Å². The minimum absolute atomic E-state index is 0.0408. The van der Waals surface area contributed by atoms with Crippen LogP contribution < -0.4 is 5.32 Å². The summed E-state index contributed by atoms with van der Waals surface area (Å²) in [6.07, 6.45) is 0.845. The Kier molecular flexibility index (Phi) is 4.63. The first kappa shape index (κ1) is 13.7. The third kappa shape index (κ3) is 4.14. The fourth-order valence-corrected chi connectivity index (χ4v) is 2.05. The molecule has 1 amide bonds. The van der Waals surface area contributed by atoms with E-state index in [9.17, 15) is 4.79 Å². The predicted octanol–water partition coefficient (Wildman–Crippen LogP) is 3.26. The lowest BCUT2D eigenvalue weighted by molar-refractivity contribution is 0.0954. The highest BCUT2D eigenvalue weighted by Gasteiger charge is 2.04. The molecule has 3 heteroatoms. The van der Waals surface area contributed by atoms with Gasteiger partial charge in [0.1, 0.15) is 0 Å². The number of hydrogen-bond donors (Lipinski definition) is 2. The maximum Gasteiger partial charge on any atom is 0.251 e. The molecule has 19 heavy (non-hydrogen) atoms. The molecular weight excluding hydrogens is 254 g/mol. The van der Waals surface area contributed by atoms with Gasteiger partial charge >= 0.3 is 0 Å². The highest BCUT2D eigenvalue weighted by Crippen LogP contribution is 2.08. The Balaban J connectivity index is 1.86. The van der Waals surface area contributed by atoms with Gasteiger partial charge in [-0.1, -0.05) is 29.8 Å². The average molecular weight is 271 g/mol. The standard InChI is InChI=1S/C16H17NOS/c1-12-3-2-4-13(11-12)9-10-17-16(18)14-5-7-15(19)8-6-14/h2-8,11,19H,9-10H2,1H3,(H,17,18). The number of amides is 1. The van der Waals surface area contributed by atoms with Crippen molar-refractivity contribution < 1.29 is 4.79 Å². The molecular formula is C16H17NOS. The molecule has 2 rings (SSSR count). The van der Waals surface area contributed by atoms with Crippen molar-refractivity contribution in [2.24, 2.45) is 0 Å². The summed E-state index contributed by atoms with van der Waals surface area (Å²) in [5, 5.41) is 2.92. The highest BCUT2D eigenvalue weighted by molar-refractivity contribution is 7.80. The number of nitrogens with one attached hydrogen (secondary N) is 1. The van der Waals surface area contributed by atoms with Crippen LogP contribution in [0.4, 0.5) is 0 Å². The molecule has 0 saturated carbocycles. The molecule has 0 aromatic heterocycles. The Bertz CT molecular complexity index is 563. The lowest BCUT2D eigenvalue weighted by Crippen LogP contribution is -2.25. The lowest BCUT2D eigenvalue weighted by atomic mass is 10.1. The van der Waals surface area contributed by atoms with Gasteiger partial charge in [-0.2, -0.15) is 0 Å². The van der Waals surface area contributed by atoms with Gasteiger partial charge in [0.2, 0.25) is 0 Å². The van der Waals surface area contributed by atoms with E-state index in [1.54, 1.807) is 12.1 Å². The number of aryl methyl sites for hydroxylation is 1. The Labute approximate surface area is 119 Å². The summed E-state index contributed by atoms with van der Waals surface area (Å²) in [5.74, 6) is -0.0408. The molecule has 2 nitrogen and oxygen atoms in total. The van der Waals surface area contributed by atoms with Crippen LogP contribution in [-0.4, -0.2) is 12.5 Å². The van der Waals surface area contributed by atoms with Gasteiger partial charge < -0.3 is 5.32 Å². The maximum atomic E-state index is 11.9. The second kappa shape index (κ2) is 6.43. The average Bonchev–Trinajstić information content (AvgIpc) is 2.39. The van der Waals surface area contributed by atoms with Gasteiger partial charge in [-0.15, -0.1) is 12.6 Å². The summed E-state index contributed by atoms with van der Waals surface area (Å²) in [6, 6.07) is 15.5. The fraction of sp³-hybridized carbons (Fsp3) is 0.188. The number of rotatable bonds is 4. The van der Waals surface area contributed by atoms with E-state index in [0.717, 1.165) is 11.3 Å². The van der Waals surface area contributed by atoms with E-state index in [0.29, 0.717) is 12.1 Å². The van der Waals surface area contributed by atoms with Crippen molar-refractivity contribution in [2.45, 2.75) is 18.2 Å². The molecule has 0 aliphatic heterocycles. The fourth-order valence-electron chi connectivity index (χ4n) is 1.90. The number of hydrogen-bond acceptors (Lipinski definition) is 2. The number of carbonyl (C=O) groups is 1. The zero-order valence-electron chi connectivity index (χ0n) is 10.9. The molecule has 1 N–H and O–H groups in total. The van der Waals surface area contributed by atoms with Crippen LogP contribution in [0.3, 0.4) is 0 Å². The largest absolute Gasteiger partial charge is 0.352 e. The normalized spacial score (nSPS) is 10.2.